The molecule has 3 saturated heterocycles. The standard InChI is InChI=1S/C27H39NO6/c1-15(2)10-12-27(31)13-11-17-8-9-20-22(19-6-5-7-21(27)28(17)19)16(3)23(33-20)25-24(32-4)18(14-29)26(30)34-25/h9,15-17,19,21-22,29,31H,5-8,10-14H2,1-4H3/b25-23+/t16-,17+,19-,21-,22+,27+/m0/s1. The van der Waals surface area contributed by atoms with Crippen LogP contribution in [0.2, 0.25) is 0 Å². The Labute approximate surface area is 202 Å². The average molecular weight is 474 g/mol. The maximum absolute atomic E-state index is 12.3. The second-order valence-electron chi connectivity index (χ2n) is 11.2. The third-order valence-electron chi connectivity index (χ3n) is 8.85. The molecule has 34 heavy (non-hydrogen) atoms. The number of ether oxygens (including phenoxy) is 3. The number of aliphatic hydroxyl groups is 2. The number of cyclic esters (lactones) is 1. The molecule has 0 unspecified atom stereocenters. The lowest BCUT2D eigenvalue weighted by Gasteiger charge is -2.57. The molecule has 0 saturated carbocycles. The number of hydrogen-bond acceptors (Lipinski definition) is 7. The molecule has 7 heteroatoms. The first-order valence-corrected chi connectivity index (χ1v) is 13.0. The SMILES string of the molecule is COC1=C(CO)C(=O)O/C1=C1/OC2=CC[C@@H]3CC[C@](O)(CCC(C)C)[C@@H]4CCC[C@@H]([C@H]2[C@@H]1C)N34. The molecule has 0 aromatic rings. The minimum absolute atomic E-state index is 0.00886. The fourth-order valence-corrected chi connectivity index (χ4v) is 7.14. The van der Waals surface area contributed by atoms with Crippen molar-refractivity contribution in [1.82, 2.24) is 4.90 Å². The topological polar surface area (TPSA) is 88.5 Å². The molecule has 0 bridgehead atoms. The zero-order chi connectivity index (χ0) is 24.2. The largest absolute Gasteiger partial charge is 0.492 e. The first-order chi connectivity index (χ1) is 16.3. The second-order valence-corrected chi connectivity index (χ2v) is 11.2. The molecule has 0 aromatic carbocycles. The molecule has 0 spiro atoms. The van der Waals surface area contributed by atoms with Crippen LogP contribution in [0.25, 0.3) is 0 Å². The highest BCUT2D eigenvalue weighted by Crippen LogP contribution is 2.53. The van der Waals surface area contributed by atoms with Gasteiger partial charge in [0.1, 0.15) is 11.3 Å². The summed E-state index contributed by atoms with van der Waals surface area (Å²) >= 11 is 0. The fourth-order valence-electron chi connectivity index (χ4n) is 7.14. The summed E-state index contributed by atoms with van der Waals surface area (Å²) in [6.45, 7) is 6.15. The van der Waals surface area contributed by atoms with Crippen molar-refractivity contribution in [2.45, 2.75) is 95.9 Å². The van der Waals surface area contributed by atoms with E-state index in [-0.39, 0.29) is 35.3 Å². The molecule has 2 N–H and O–H groups in total. The number of rotatable bonds is 5. The number of carbonyl (C=O) groups is 1. The molecule has 5 aliphatic heterocycles. The molecule has 5 heterocycles. The molecular formula is C27H39NO6. The van der Waals surface area contributed by atoms with Gasteiger partial charge < -0.3 is 24.4 Å². The number of carbonyl (C=O) groups excluding carboxylic acids is 1. The van der Waals surface area contributed by atoms with Crippen LogP contribution in [-0.2, 0) is 19.0 Å². The third kappa shape index (κ3) is 3.71. The van der Waals surface area contributed by atoms with Crippen LogP contribution in [0.5, 0.6) is 0 Å². The summed E-state index contributed by atoms with van der Waals surface area (Å²) in [6.07, 6.45) is 10.1. The fraction of sp³-hybridized carbons (Fsp3) is 0.741. The number of piperidine rings is 2. The van der Waals surface area contributed by atoms with E-state index in [1.165, 1.54) is 7.11 Å². The average Bonchev–Trinajstić information content (AvgIpc) is 3.26. The Morgan fingerprint density at radius 1 is 1.26 bits per heavy atom. The van der Waals surface area contributed by atoms with Crippen LogP contribution in [0.4, 0.5) is 0 Å². The van der Waals surface area contributed by atoms with Gasteiger partial charge in [-0.1, -0.05) is 27.2 Å². The van der Waals surface area contributed by atoms with Crippen LogP contribution in [0, 0.1) is 17.8 Å². The van der Waals surface area contributed by atoms with Crippen molar-refractivity contribution < 1.29 is 29.2 Å². The van der Waals surface area contributed by atoms with Gasteiger partial charge in [-0.3, -0.25) is 4.90 Å². The van der Waals surface area contributed by atoms with Crippen LogP contribution >= 0.6 is 0 Å². The van der Waals surface area contributed by atoms with Gasteiger partial charge in [-0.15, -0.1) is 0 Å². The Morgan fingerprint density at radius 3 is 2.76 bits per heavy atom. The summed E-state index contributed by atoms with van der Waals surface area (Å²) in [5, 5.41) is 21.5. The van der Waals surface area contributed by atoms with Gasteiger partial charge in [0.05, 0.1) is 19.3 Å². The predicted molar refractivity (Wildman–Crippen MR) is 126 cm³/mol. The normalized spacial score (nSPS) is 39.9. The van der Waals surface area contributed by atoms with Crippen molar-refractivity contribution in [3.05, 3.63) is 34.7 Å². The quantitative estimate of drug-likeness (QED) is 0.588. The Kier molecular flexibility index (Phi) is 6.32. The summed E-state index contributed by atoms with van der Waals surface area (Å²) < 4.78 is 17.4. The van der Waals surface area contributed by atoms with E-state index in [0.717, 1.165) is 57.1 Å². The number of allylic oxidation sites excluding steroid dienone is 1. The Morgan fingerprint density at radius 2 is 2.06 bits per heavy atom. The third-order valence-corrected chi connectivity index (χ3v) is 8.85. The van der Waals surface area contributed by atoms with Gasteiger partial charge >= 0.3 is 5.97 Å². The lowest BCUT2D eigenvalue weighted by Crippen LogP contribution is -2.65. The van der Waals surface area contributed by atoms with Crippen LogP contribution in [0.1, 0.15) is 72.1 Å². The number of fused-ring (bicyclic) bond motifs is 2. The molecule has 5 rings (SSSR count). The minimum Gasteiger partial charge on any atom is -0.492 e. The monoisotopic (exact) mass is 473 g/mol. The molecule has 3 fully saturated rings. The Hall–Kier alpha value is -1.83. The van der Waals surface area contributed by atoms with Crippen molar-refractivity contribution in [2.24, 2.45) is 17.8 Å². The summed E-state index contributed by atoms with van der Waals surface area (Å²) in [5.41, 5.74) is -0.498. The molecule has 0 radical (unpaired) electrons. The second kappa shape index (κ2) is 8.99. The van der Waals surface area contributed by atoms with E-state index < -0.39 is 18.2 Å². The molecule has 0 aliphatic carbocycles. The molecule has 5 aliphatic rings. The Bertz CT molecular complexity index is 935. The number of hydrogen-bond donors (Lipinski definition) is 2. The zero-order valence-corrected chi connectivity index (χ0v) is 20.9. The van der Waals surface area contributed by atoms with E-state index in [2.05, 4.69) is 31.7 Å². The van der Waals surface area contributed by atoms with E-state index in [1.807, 2.05) is 0 Å². The maximum Gasteiger partial charge on any atom is 0.345 e. The first kappa shape index (κ1) is 23.9. The van der Waals surface area contributed by atoms with E-state index in [4.69, 9.17) is 14.2 Å². The van der Waals surface area contributed by atoms with E-state index in [1.54, 1.807) is 0 Å². The summed E-state index contributed by atoms with van der Waals surface area (Å²) in [6, 6.07) is 0.889. The molecule has 7 nitrogen and oxygen atoms in total. The lowest BCUT2D eigenvalue weighted by molar-refractivity contribution is -0.144. The summed E-state index contributed by atoms with van der Waals surface area (Å²) in [4.78, 5) is 15.0. The minimum atomic E-state index is -0.628. The highest BCUT2D eigenvalue weighted by Gasteiger charge is 2.56. The molecule has 6 atom stereocenters. The first-order valence-electron chi connectivity index (χ1n) is 13.0. The number of aliphatic hydroxyl groups excluding tert-OH is 1. The van der Waals surface area contributed by atoms with Gasteiger partial charge in [0.2, 0.25) is 5.76 Å². The number of methoxy groups -OCH3 is 1. The lowest BCUT2D eigenvalue weighted by atomic mass is 9.70. The van der Waals surface area contributed by atoms with Crippen molar-refractivity contribution in [3.63, 3.8) is 0 Å². The highest BCUT2D eigenvalue weighted by atomic mass is 16.6. The van der Waals surface area contributed by atoms with Crippen LogP contribution < -0.4 is 0 Å². The van der Waals surface area contributed by atoms with Gasteiger partial charge in [0.15, 0.2) is 11.5 Å². The molecular weight excluding hydrogens is 434 g/mol. The van der Waals surface area contributed by atoms with Crippen molar-refractivity contribution in [1.29, 1.82) is 0 Å². The number of nitrogens with zero attached hydrogens (tertiary/aromatic N) is 1. The van der Waals surface area contributed by atoms with Gasteiger partial charge in [0, 0.05) is 30.0 Å². The zero-order valence-electron chi connectivity index (χ0n) is 20.9. The summed E-state index contributed by atoms with van der Waals surface area (Å²) in [7, 11) is 1.48. The summed E-state index contributed by atoms with van der Waals surface area (Å²) in [5.74, 6) is 2.26. The van der Waals surface area contributed by atoms with Gasteiger partial charge in [0.25, 0.3) is 0 Å². The van der Waals surface area contributed by atoms with Crippen molar-refractivity contribution in [2.75, 3.05) is 13.7 Å². The smallest absolute Gasteiger partial charge is 0.345 e. The van der Waals surface area contributed by atoms with E-state index >= 15 is 0 Å². The maximum atomic E-state index is 12.3. The van der Waals surface area contributed by atoms with Crippen LogP contribution in [-0.4, -0.2) is 58.5 Å². The Balaban J connectivity index is 1.49. The van der Waals surface area contributed by atoms with E-state index in [9.17, 15) is 15.0 Å². The number of esters is 1. The van der Waals surface area contributed by atoms with Crippen molar-refractivity contribution in [3.8, 4) is 0 Å². The van der Waals surface area contributed by atoms with Crippen molar-refractivity contribution >= 4 is 5.97 Å². The molecule has 0 aromatic heterocycles. The van der Waals surface area contributed by atoms with E-state index in [0.29, 0.717) is 23.5 Å². The van der Waals surface area contributed by atoms with Crippen LogP contribution in [0.15, 0.2) is 34.7 Å². The van der Waals surface area contributed by atoms with Crippen LogP contribution in [0.3, 0.4) is 0 Å². The predicted octanol–water partition coefficient (Wildman–Crippen LogP) is 3.77. The highest BCUT2D eigenvalue weighted by molar-refractivity contribution is 5.94. The van der Waals surface area contributed by atoms with Gasteiger partial charge in [-0.05, 0) is 56.9 Å². The van der Waals surface area contributed by atoms with Gasteiger partial charge in [-0.25, -0.2) is 4.79 Å². The molecule has 188 valence electrons. The molecule has 0 amide bonds. The van der Waals surface area contributed by atoms with Gasteiger partial charge in [-0.2, -0.15) is 0 Å².